The van der Waals surface area contributed by atoms with Crippen molar-refractivity contribution < 1.29 is 4.79 Å². The number of pyridine rings is 1. The summed E-state index contributed by atoms with van der Waals surface area (Å²) in [7, 11) is 0. The van der Waals surface area contributed by atoms with E-state index in [4.69, 9.17) is 0 Å². The summed E-state index contributed by atoms with van der Waals surface area (Å²) in [5, 5.41) is 0. The van der Waals surface area contributed by atoms with Gasteiger partial charge in [-0.3, -0.25) is 14.7 Å². The second-order valence-corrected chi connectivity index (χ2v) is 8.59. The van der Waals surface area contributed by atoms with Gasteiger partial charge in [-0.15, -0.1) is 0 Å². The van der Waals surface area contributed by atoms with Gasteiger partial charge in [0.05, 0.1) is 0 Å². The summed E-state index contributed by atoms with van der Waals surface area (Å²) >= 11 is 0. The number of hydrogen-bond acceptors (Lipinski definition) is 3. The van der Waals surface area contributed by atoms with Gasteiger partial charge >= 0.3 is 0 Å². The van der Waals surface area contributed by atoms with E-state index in [1.54, 1.807) is 0 Å². The Kier molecular flexibility index (Phi) is 5.88. The third kappa shape index (κ3) is 4.28. The van der Waals surface area contributed by atoms with Crippen LogP contribution in [0.2, 0.25) is 0 Å². The minimum Gasteiger partial charge on any atom is -0.341 e. The van der Waals surface area contributed by atoms with Crippen molar-refractivity contribution in [3.8, 4) is 0 Å². The van der Waals surface area contributed by atoms with Crippen LogP contribution in [0.3, 0.4) is 0 Å². The smallest absolute Gasteiger partial charge is 0.225 e. The van der Waals surface area contributed by atoms with Crippen LogP contribution in [0, 0.1) is 11.8 Å². The van der Waals surface area contributed by atoms with Gasteiger partial charge < -0.3 is 4.90 Å². The molecule has 1 atom stereocenters. The number of carbonyl (C=O) groups is 1. The van der Waals surface area contributed by atoms with Gasteiger partial charge in [0.2, 0.25) is 5.91 Å². The summed E-state index contributed by atoms with van der Waals surface area (Å²) in [6, 6.07) is 6.93. The third-order valence-electron chi connectivity index (χ3n) is 6.71. The van der Waals surface area contributed by atoms with Crippen molar-refractivity contribution in [1.29, 1.82) is 0 Å². The lowest BCUT2D eigenvalue weighted by atomic mass is 9.99. The first-order chi connectivity index (χ1) is 12.8. The first-order valence-electron chi connectivity index (χ1n) is 10.7. The standard InChI is InChI=1S/C22H33N3O/c26-22(19-7-1-2-8-19)25-14-13-24(21-10-3-4-11-21)16-18(17-25)15-20-9-5-6-12-23-20/h5-6,9,12,18-19,21H,1-4,7-8,10-11,13-17H2/t18-/m0/s1. The molecule has 26 heavy (non-hydrogen) atoms. The molecule has 4 heteroatoms. The largest absolute Gasteiger partial charge is 0.341 e. The molecule has 0 N–H and O–H groups in total. The third-order valence-corrected chi connectivity index (χ3v) is 6.71. The van der Waals surface area contributed by atoms with Crippen LogP contribution in [-0.4, -0.2) is 52.9 Å². The highest BCUT2D eigenvalue weighted by Crippen LogP contribution is 2.29. The van der Waals surface area contributed by atoms with Crippen LogP contribution in [0.15, 0.2) is 24.4 Å². The molecule has 1 aliphatic heterocycles. The van der Waals surface area contributed by atoms with Gasteiger partial charge in [-0.2, -0.15) is 0 Å². The summed E-state index contributed by atoms with van der Waals surface area (Å²) in [5.41, 5.74) is 1.17. The van der Waals surface area contributed by atoms with Gasteiger partial charge in [-0.25, -0.2) is 0 Å². The van der Waals surface area contributed by atoms with E-state index in [0.29, 0.717) is 17.7 Å². The van der Waals surface area contributed by atoms with E-state index < -0.39 is 0 Å². The molecule has 3 fully saturated rings. The Morgan fingerprint density at radius 2 is 1.77 bits per heavy atom. The zero-order valence-corrected chi connectivity index (χ0v) is 16.0. The monoisotopic (exact) mass is 355 g/mol. The topological polar surface area (TPSA) is 36.4 Å². The Labute approximate surface area is 158 Å². The van der Waals surface area contributed by atoms with Crippen LogP contribution in [0.4, 0.5) is 0 Å². The highest BCUT2D eigenvalue weighted by molar-refractivity contribution is 5.79. The maximum Gasteiger partial charge on any atom is 0.225 e. The zero-order chi connectivity index (χ0) is 17.8. The van der Waals surface area contributed by atoms with Crippen molar-refractivity contribution in [1.82, 2.24) is 14.8 Å². The summed E-state index contributed by atoms with van der Waals surface area (Å²) < 4.78 is 0. The number of carbonyl (C=O) groups excluding carboxylic acids is 1. The quantitative estimate of drug-likeness (QED) is 0.829. The van der Waals surface area contributed by atoms with Crippen LogP contribution in [0.25, 0.3) is 0 Å². The van der Waals surface area contributed by atoms with Crippen LogP contribution >= 0.6 is 0 Å². The normalized spacial score (nSPS) is 26.3. The maximum absolute atomic E-state index is 13.1. The average Bonchev–Trinajstić information content (AvgIpc) is 3.35. The van der Waals surface area contributed by atoms with Crippen molar-refractivity contribution in [2.75, 3.05) is 26.2 Å². The minimum atomic E-state index is 0.295. The van der Waals surface area contributed by atoms with E-state index >= 15 is 0 Å². The fourth-order valence-electron chi connectivity index (χ4n) is 5.31. The molecule has 0 unspecified atom stereocenters. The Balaban J connectivity index is 1.47. The second-order valence-electron chi connectivity index (χ2n) is 8.59. The van der Waals surface area contributed by atoms with Gasteiger partial charge in [0.25, 0.3) is 0 Å². The van der Waals surface area contributed by atoms with E-state index in [0.717, 1.165) is 51.5 Å². The Hall–Kier alpha value is -1.42. The lowest BCUT2D eigenvalue weighted by Gasteiger charge is -2.29. The Bertz CT molecular complexity index is 578. The van der Waals surface area contributed by atoms with Crippen LogP contribution < -0.4 is 0 Å². The summed E-state index contributed by atoms with van der Waals surface area (Å²) in [4.78, 5) is 22.5. The molecule has 0 aromatic carbocycles. The molecule has 0 radical (unpaired) electrons. The van der Waals surface area contributed by atoms with Gasteiger partial charge in [0, 0.05) is 50.0 Å². The molecule has 2 heterocycles. The SMILES string of the molecule is O=C(C1CCCC1)N1CCN(C2CCCC2)C[C@H](Cc2ccccn2)C1. The minimum absolute atomic E-state index is 0.295. The molecule has 0 bridgehead atoms. The van der Waals surface area contributed by atoms with E-state index in [1.165, 1.54) is 44.2 Å². The number of hydrogen-bond donors (Lipinski definition) is 0. The predicted octanol–water partition coefficient (Wildman–Crippen LogP) is 3.52. The number of nitrogens with zero attached hydrogens (tertiary/aromatic N) is 3. The van der Waals surface area contributed by atoms with E-state index in [-0.39, 0.29) is 0 Å². The van der Waals surface area contributed by atoms with Crippen LogP contribution in [0.5, 0.6) is 0 Å². The van der Waals surface area contributed by atoms with Crippen LogP contribution in [0.1, 0.15) is 57.1 Å². The fourth-order valence-corrected chi connectivity index (χ4v) is 5.31. The van der Waals surface area contributed by atoms with Crippen LogP contribution in [-0.2, 0) is 11.2 Å². The fraction of sp³-hybridized carbons (Fsp3) is 0.727. The molecule has 2 saturated carbocycles. The van der Waals surface area contributed by atoms with Gasteiger partial charge in [0.1, 0.15) is 0 Å². The molecule has 4 nitrogen and oxygen atoms in total. The second kappa shape index (κ2) is 8.51. The van der Waals surface area contributed by atoms with E-state index in [2.05, 4.69) is 26.9 Å². The zero-order valence-electron chi connectivity index (χ0n) is 16.0. The highest BCUT2D eigenvalue weighted by Gasteiger charge is 2.33. The molecule has 1 aromatic rings. The Morgan fingerprint density at radius 1 is 1.00 bits per heavy atom. The van der Waals surface area contributed by atoms with Crippen molar-refractivity contribution in [2.24, 2.45) is 11.8 Å². The number of rotatable bonds is 4. The van der Waals surface area contributed by atoms with Gasteiger partial charge in [-0.1, -0.05) is 31.7 Å². The van der Waals surface area contributed by atoms with Crippen molar-refractivity contribution in [3.05, 3.63) is 30.1 Å². The summed E-state index contributed by atoms with van der Waals surface area (Å²) in [6.07, 6.45) is 13.0. The molecule has 1 aromatic heterocycles. The molecular formula is C22H33N3O. The summed E-state index contributed by atoms with van der Waals surface area (Å²) in [6.45, 7) is 4.01. The molecule has 4 rings (SSSR count). The van der Waals surface area contributed by atoms with Crippen molar-refractivity contribution in [3.63, 3.8) is 0 Å². The van der Waals surface area contributed by atoms with Gasteiger partial charge in [-0.05, 0) is 50.2 Å². The lowest BCUT2D eigenvalue weighted by Crippen LogP contribution is -2.40. The van der Waals surface area contributed by atoms with E-state index in [9.17, 15) is 4.79 Å². The molecular weight excluding hydrogens is 322 g/mol. The lowest BCUT2D eigenvalue weighted by molar-refractivity contribution is -0.135. The summed E-state index contributed by atoms with van der Waals surface area (Å²) in [5.74, 6) is 1.23. The maximum atomic E-state index is 13.1. The van der Waals surface area contributed by atoms with Crippen molar-refractivity contribution in [2.45, 2.75) is 63.8 Å². The first-order valence-corrected chi connectivity index (χ1v) is 10.7. The highest BCUT2D eigenvalue weighted by atomic mass is 16.2. The molecule has 0 spiro atoms. The van der Waals surface area contributed by atoms with Gasteiger partial charge in [0.15, 0.2) is 0 Å². The van der Waals surface area contributed by atoms with E-state index in [1.807, 2.05) is 12.3 Å². The molecule has 2 aliphatic carbocycles. The molecule has 1 amide bonds. The Morgan fingerprint density at radius 3 is 2.50 bits per heavy atom. The predicted molar refractivity (Wildman–Crippen MR) is 104 cm³/mol. The first kappa shape index (κ1) is 18.0. The number of aromatic nitrogens is 1. The molecule has 142 valence electrons. The average molecular weight is 356 g/mol. The number of amides is 1. The molecule has 3 aliphatic rings. The van der Waals surface area contributed by atoms with Crippen molar-refractivity contribution >= 4 is 5.91 Å². The molecule has 1 saturated heterocycles.